The maximum Gasteiger partial charge on any atom is 0.324 e. The van der Waals surface area contributed by atoms with E-state index in [1.165, 1.54) is 6.20 Å². The van der Waals surface area contributed by atoms with Crippen LogP contribution >= 0.6 is 0 Å². The van der Waals surface area contributed by atoms with Gasteiger partial charge in [-0.25, -0.2) is 4.79 Å². The number of hydrogen-bond donors (Lipinski definition) is 1. The van der Waals surface area contributed by atoms with Crippen LogP contribution in [0.2, 0.25) is 0 Å². The van der Waals surface area contributed by atoms with Gasteiger partial charge in [0.2, 0.25) is 12.3 Å². The zero-order valence-corrected chi connectivity index (χ0v) is 8.63. The highest BCUT2D eigenvalue weighted by Gasteiger charge is 2.20. The van der Waals surface area contributed by atoms with Crippen molar-refractivity contribution in [2.75, 3.05) is 31.5 Å². The van der Waals surface area contributed by atoms with Gasteiger partial charge in [0, 0.05) is 32.2 Å². The van der Waals surface area contributed by atoms with Gasteiger partial charge in [-0.3, -0.25) is 10.1 Å². The van der Waals surface area contributed by atoms with Gasteiger partial charge in [0.15, 0.2) is 0 Å². The summed E-state index contributed by atoms with van der Waals surface area (Å²) in [6.07, 6.45) is 2.26. The largest absolute Gasteiger partial charge is 0.342 e. The van der Waals surface area contributed by atoms with Crippen LogP contribution in [-0.4, -0.2) is 53.6 Å². The van der Waals surface area contributed by atoms with Gasteiger partial charge in [-0.15, -0.1) is 0 Å². The van der Waals surface area contributed by atoms with Crippen molar-refractivity contribution in [3.63, 3.8) is 0 Å². The lowest BCUT2D eigenvalue weighted by molar-refractivity contribution is -0.119. The second kappa shape index (κ2) is 4.65. The summed E-state index contributed by atoms with van der Waals surface area (Å²) in [4.78, 5) is 25.4. The van der Waals surface area contributed by atoms with E-state index in [-0.39, 0.29) is 6.03 Å². The number of nitrogens with zero attached hydrogens (tertiary/aromatic N) is 3. The van der Waals surface area contributed by atoms with Gasteiger partial charge in [-0.2, -0.15) is 0 Å². The van der Waals surface area contributed by atoms with Crippen LogP contribution in [0.3, 0.4) is 0 Å². The molecule has 2 rings (SSSR count). The second-order valence-corrected chi connectivity index (χ2v) is 3.44. The zero-order valence-electron chi connectivity index (χ0n) is 8.63. The summed E-state index contributed by atoms with van der Waals surface area (Å²) < 4.78 is 4.76. The molecule has 0 unspecified atom stereocenters. The number of hydrogen-bond acceptors (Lipinski definition) is 4. The Morgan fingerprint density at radius 1 is 1.44 bits per heavy atom. The Labute approximate surface area is 92.0 Å². The minimum absolute atomic E-state index is 0.234. The van der Waals surface area contributed by atoms with Crippen molar-refractivity contribution >= 4 is 18.3 Å². The normalized spacial score (nSPS) is 16.0. The SMILES string of the molecule is O=CN1CCN(C(=O)Nc2ccno2)CC1. The lowest BCUT2D eigenvalue weighted by atomic mass is 10.3. The Morgan fingerprint density at radius 3 is 2.75 bits per heavy atom. The van der Waals surface area contributed by atoms with E-state index in [2.05, 4.69) is 10.5 Å². The lowest BCUT2D eigenvalue weighted by Gasteiger charge is -2.32. The summed E-state index contributed by atoms with van der Waals surface area (Å²) in [5.41, 5.74) is 0. The minimum atomic E-state index is -0.234. The van der Waals surface area contributed by atoms with Crippen molar-refractivity contribution < 1.29 is 14.1 Å². The molecule has 1 aromatic rings. The highest BCUT2D eigenvalue weighted by molar-refractivity contribution is 5.87. The van der Waals surface area contributed by atoms with Crippen molar-refractivity contribution in [2.24, 2.45) is 0 Å². The number of urea groups is 1. The van der Waals surface area contributed by atoms with Crippen LogP contribution < -0.4 is 5.32 Å². The predicted octanol–water partition coefficient (Wildman–Crippen LogP) is -0.0195. The van der Waals surface area contributed by atoms with Crippen LogP contribution in [0.5, 0.6) is 0 Å². The monoisotopic (exact) mass is 224 g/mol. The summed E-state index contributed by atoms with van der Waals surface area (Å²) in [7, 11) is 0. The molecule has 16 heavy (non-hydrogen) atoms. The van der Waals surface area contributed by atoms with Gasteiger partial charge < -0.3 is 14.3 Å². The lowest BCUT2D eigenvalue weighted by Crippen LogP contribution is -2.49. The summed E-state index contributed by atoms with van der Waals surface area (Å²) in [5, 5.41) is 6.06. The molecule has 7 nitrogen and oxygen atoms in total. The molecule has 0 radical (unpaired) electrons. The zero-order chi connectivity index (χ0) is 11.4. The molecule has 1 aromatic heterocycles. The summed E-state index contributed by atoms with van der Waals surface area (Å²) in [5.74, 6) is 0.322. The Bertz CT molecular complexity index is 357. The molecule has 0 spiro atoms. The predicted molar refractivity (Wildman–Crippen MR) is 54.7 cm³/mol. The number of amides is 3. The van der Waals surface area contributed by atoms with E-state index in [1.807, 2.05) is 0 Å². The smallest absolute Gasteiger partial charge is 0.324 e. The molecule has 2 heterocycles. The van der Waals surface area contributed by atoms with Crippen LogP contribution in [0.4, 0.5) is 10.7 Å². The van der Waals surface area contributed by atoms with Gasteiger partial charge >= 0.3 is 6.03 Å². The fourth-order valence-corrected chi connectivity index (χ4v) is 1.50. The summed E-state index contributed by atoms with van der Waals surface area (Å²) >= 11 is 0. The summed E-state index contributed by atoms with van der Waals surface area (Å²) in [6.45, 7) is 2.18. The molecular weight excluding hydrogens is 212 g/mol. The molecule has 1 N–H and O–H groups in total. The Kier molecular flexibility index (Phi) is 3.04. The standard InChI is InChI=1S/C9H12N4O3/c14-7-12-3-5-13(6-4-12)9(15)11-8-1-2-10-16-8/h1-2,7H,3-6H2,(H,11,15). The highest BCUT2D eigenvalue weighted by Crippen LogP contribution is 2.07. The molecule has 1 saturated heterocycles. The topological polar surface area (TPSA) is 78.7 Å². The molecule has 3 amide bonds. The average molecular weight is 224 g/mol. The maximum absolute atomic E-state index is 11.7. The molecule has 0 bridgehead atoms. The fourth-order valence-electron chi connectivity index (χ4n) is 1.50. The van der Waals surface area contributed by atoms with Crippen LogP contribution in [0.15, 0.2) is 16.8 Å². The van der Waals surface area contributed by atoms with Crippen molar-refractivity contribution in [3.05, 3.63) is 12.3 Å². The van der Waals surface area contributed by atoms with Crippen molar-refractivity contribution in [2.45, 2.75) is 0 Å². The first-order valence-corrected chi connectivity index (χ1v) is 4.95. The van der Waals surface area contributed by atoms with Crippen molar-refractivity contribution in [1.29, 1.82) is 0 Å². The van der Waals surface area contributed by atoms with Gasteiger partial charge in [-0.05, 0) is 0 Å². The Morgan fingerprint density at radius 2 is 2.19 bits per heavy atom. The number of aromatic nitrogens is 1. The molecule has 0 aliphatic carbocycles. The van der Waals surface area contributed by atoms with Gasteiger partial charge in [0.25, 0.3) is 0 Å². The van der Waals surface area contributed by atoms with E-state index in [9.17, 15) is 9.59 Å². The molecule has 1 aliphatic heterocycles. The first kappa shape index (κ1) is 10.5. The number of anilines is 1. The molecule has 0 atom stereocenters. The Balaban J connectivity index is 1.84. The molecular formula is C9H12N4O3. The van der Waals surface area contributed by atoms with E-state index in [1.54, 1.807) is 15.9 Å². The first-order valence-electron chi connectivity index (χ1n) is 4.95. The van der Waals surface area contributed by atoms with Gasteiger partial charge in [-0.1, -0.05) is 5.16 Å². The van der Waals surface area contributed by atoms with Crippen LogP contribution in [0.1, 0.15) is 0 Å². The second-order valence-electron chi connectivity index (χ2n) is 3.44. The van der Waals surface area contributed by atoms with E-state index in [0.29, 0.717) is 32.1 Å². The number of carbonyl (C=O) groups excluding carboxylic acids is 2. The summed E-state index contributed by atoms with van der Waals surface area (Å²) in [6, 6.07) is 1.34. The minimum Gasteiger partial charge on any atom is -0.342 e. The van der Waals surface area contributed by atoms with Crippen molar-refractivity contribution in [3.8, 4) is 0 Å². The highest BCUT2D eigenvalue weighted by atomic mass is 16.5. The van der Waals surface area contributed by atoms with Crippen LogP contribution in [0, 0.1) is 0 Å². The van der Waals surface area contributed by atoms with Gasteiger partial charge in [0.1, 0.15) is 0 Å². The van der Waals surface area contributed by atoms with E-state index < -0.39 is 0 Å². The molecule has 86 valence electrons. The third kappa shape index (κ3) is 2.30. The van der Waals surface area contributed by atoms with E-state index in [4.69, 9.17) is 4.52 Å². The number of nitrogens with one attached hydrogen (secondary N) is 1. The molecule has 1 aliphatic rings. The van der Waals surface area contributed by atoms with E-state index >= 15 is 0 Å². The van der Waals surface area contributed by atoms with Crippen LogP contribution in [-0.2, 0) is 4.79 Å². The third-order valence-electron chi connectivity index (χ3n) is 2.42. The first-order chi connectivity index (χ1) is 7.79. The molecule has 1 fully saturated rings. The number of piperazine rings is 1. The van der Waals surface area contributed by atoms with Gasteiger partial charge in [0.05, 0.1) is 6.20 Å². The molecule has 7 heteroatoms. The number of rotatable bonds is 2. The van der Waals surface area contributed by atoms with E-state index in [0.717, 1.165) is 6.41 Å². The van der Waals surface area contributed by atoms with Crippen LogP contribution in [0.25, 0.3) is 0 Å². The third-order valence-corrected chi connectivity index (χ3v) is 2.42. The quantitative estimate of drug-likeness (QED) is 0.716. The maximum atomic E-state index is 11.7. The average Bonchev–Trinajstić information content (AvgIpc) is 2.82. The molecule has 0 saturated carbocycles. The number of carbonyl (C=O) groups is 2. The Hall–Kier alpha value is -2.05. The fraction of sp³-hybridized carbons (Fsp3) is 0.444. The van der Waals surface area contributed by atoms with Crippen molar-refractivity contribution in [1.82, 2.24) is 15.0 Å². The molecule has 0 aromatic carbocycles.